The first kappa shape index (κ1) is 23.6. The van der Waals surface area contributed by atoms with Crippen molar-refractivity contribution in [3.05, 3.63) is 84.2 Å². The molecular weight excluding hydrogens is 442 g/mol. The summed E-state index contributed by atoms with van der Waals surface area (Å²) in [5.74, 6) is -1.93. The molecule has 0 heterocycles. The van der Waals surface area contributed by atoms with E-state index in [2.05, 4.69) is 20.7 Å². The summed E-state index contributed by atoms with van der Waals surface area (Å²) < 4.78 is 54.4. The maximum absolute atomic E-state index is 14.1. The Kier molecular flexibility index (Phi) is 7.50. The van der Waals surface area contributed by atoms with Crippen LogP contribution in [-0.4, -0.2) is 24.7 Å². The van der Waals surface area contributed by atoms with Crippen LogP contribution in [-0.2, 0) is 16.0 Å². The minimum atomic E-state index is -4.80. The quantitative estimate of drug-likeness (QED) is 0.415. The van der Waals surface area contributed by atoms with Gasteiger partial charge in [-0.2, -0.15) is 0 Å². The van der Waals surface area contributed by atoms with Crippen LogP contribution < -0.4 is 20.7 Å². The number of carbonyl (C=O) groups is 2. The topological polar surface area (TPSA) is 79.5 Å². The van der Waals surface area contributed by atoms with Gasteiger partial charge in [-0.05, 0) is 48.0 Å². The highest BCUT2D eigenvalue weighted by atomic mass is 19.4. The van der Waals surface area contributed by atoms with E-state index in [1.165, 1.54) is 24.3 Å². The Bertz CT molecular complexity index is 1100. The van der Waals surface area contributed by atoms with Crippen LogP contribution in [0.4, 0.5) is 34.6 Å². The molecule has 0 aliphatic heterocycles. The predicted molar refractivity (Wildman–Crippen MR) is 115 cm³/mol. The smallest absolute Gasteiger partial charge is 0.406 e. The molecule has 0 aliphatic rings. The minimum Gasteiger partial charge on any atom is -0.406 e. The fourth-order valence-corrected chi connectivity index (χ4v) is 2.83. The van der Waals surface area contributed by atoms with Gasteiger partial charge in [0.25, 0.3) is 0 Å². The summed E-state index contributed by atoms with van der Waals surface area (Å²) >= 11 is 0. The van der Waals surface area contributed by atoms with Crippen molar-refractivity contribution in [1.29, 1.82) is 0 Å². The second-order valence-corrected chi connectivity index (χ2v) is 6.88. The van der Waals surface area contributed by atoms with Crippen molar-refractivity contribution in [2.45, 2.75) is 12.8 Å². The first-order valence-corrected chi connectivity index (χ1v) is 9.71. The van der Waals surface area contributed by atoms with Gasteiger partial charge < -0.3 is 20.7 Å². The Labute approximate surface area is 186 Å². The van der Waals surface area contributed by atoms with E-state index in [1.54, 1.807) is 24.3 Å². The molecule has 3 aromatic carbocycles. The molecule has 0 saturated heterocycles. The molecule has 0 unspecified atom stereocenters. The zero-order chi connectivity index (χ0) is 23.8. The highest BCUT2D eigenvalue weighted by Crippen LogP contribution is 2.24. The summed E-state index contributed by atoms with van der Waals surface area (Å²) in [6.07, 6.45) is -4.73. The largest absolute Gasteiger partial charge is 0.573 e. The van der Waals surface area contributed by atoms with E-state index in [9.17, 15) is 27.2 Å². The van der Waals surface area contributed by atoms with E-state index in [-0.39, 0.29) is 24.3 Å². The third-order valence-corrected chi connectivity index (χ3v) is 4.27. The molecule has 0 aromatic heterocycles. The molecule has 3 aromatic rings. The fraction of sp³-hybridized carbons (Fsp3) is 0.130. The summed E-state index contributed by atoms with van der Waals surface area (Å²) in [4.78, 5) is 24.3. The number of carbonyl (C=O) groups excluding carboxylic acids is 2. The number of halogens is 4. The standard InChI is InChI=1S/C23H19F4N3O3/c24-19-11-8-17(13-20(19)30-21(31)12-15-4-2-1-3-5-15)28-14-22(32)29-16-6-9-18(10-7-16)33-23(25,26)27/h1-11,13,28H,12,14H2,(H,29,32)(H,30,31). The Morgan fingerprint density at radius 1 is 0.818 bits per heavy atom. The highest BCUT2D eigenvalue weighted by molar-refractivity contribution is 5.94. The Hall–Kier alpha value is -4.08. The SMILES string of the molecule is O=C(CNc1ccc(F)c(NC(=O)Cc2ccccc2)c1)Nc1ccc(OC(F)(F)F)cc1. The molecule has 0 aliphatic carbocycles. The van der Waals surface area contributed by atoms with E-state index in [1.807, 2.05) is 6.07 Å². The van der Waals surface area contributed by atoms with Crippen LogP contribution >= 0.6 is 0 Å². The molecule has 0 saturated carbocycles. The number of benzene rings is 3. The van der Waals surface area contributed by atoms with Crippen LogP contribution in [0.25, 0.3) is 0 Å². The summed E-state index contributed by atoms with van der Waals surface area (Å²) in [6.45, 7) is -0.205. The molecule has 6 nitrogen and oxygen atoms in total. The lowest BCUT2D eigenvalue weighted by atomic mass is 10.1. The minimum absolute atomic E-state index is 0.0402. The molecule has 3 rings (SSSR count). The van der Waals surface area contributed by atoms with E-state index in [0.717, 1.165) is 23.8 Å². The van der Waals surface area contributed by atoms with Crippen LogP contribution in [0.15, 0.2) is 72.8 Å². The van der Waals surface area contributed by atoms with Gasteiger partial charge in [0.15, 0.2) is 0 Å². The molecule has 172 valence electrons. The van der Waals surface area contributed by atoms with Crippen molar-refractivity contribution < 1.29 is 31.9 Å². The third-order valence-electron chi connectivity index (χ3n) is 4.27. The Morgan fingerprint density at radius 3 is 2.15 bits per heavy atom. The average Bonchev–Trinajstić information content (AvgIpc) is 2.75. The molecule has 3 N–H and O–H groups in total. The normalized spacial score (nSPS) is 10.9. The van der Waals surface area contributed by atoms with Crippen molar-refractivity contribution in [3.8, 4) is 5.75 Å². The summed E-state index contributed by atoms with van der Waals surface area (Å²) in [5, 5.41) is 7.80. The van der Waals surface area contributed by atoms with Crippen molar-refractivity contribution >= 4 is 28.9 Å². The zero-order valence-corrected chi connectivity index (χ0v) is 17.1. The molecule has 0 radical (unpaired) electrons. The zero-order valence-electron chi connectivity index (χ0n) is 17.1. The Morgan fingerprint density at radius 2 is 1.48 bits per heavy atom. The van der Waals surface area contributed by atoms with Gasteiger partial charge >= 0.3 is 6.36 Å². The van der Waals surface area contributed by atoms with Crippen molar-refractivity contribution in [1.82, 2.24) is 0 Å². The van der Waals surface area contributed by atoms with Gasteiger partial charge in [-0.1, -0.05) is 30.3 Å². The molecule has 0 bridgehead atoms. The van der Waals surface area contributed by atoms with Gasteiger partial charge in [0.05, 0.1) is 18.7 Å². The third kappa shape index (κ3) is 7.84. The molecule has 0 spiro atoms. The maximum atomic E-state index is 14.1. The molecule has 0 fully saturated rings. The highest BCUT2D eigenvalue weighted by Gasteiger charge is 2.30. The molecule has 33 heavy (non-hydrogen) atoms. The van der Waals surface area contributed by atoms with E-state index in [0.29, 0.717) is 5.69 Å². The van der Waals surface area contributed by atoms with Crippen LogP contribution in [0.3, 0.4) is 0 Å². The number of nitrogens with one attached hydrogen (secondary N) is 3. The first-order chi connectivity index (χ1) is 15.7. The van der Waals surface area contributed by atoms with Crippen molar-refractivity contribution in [2.75, 3.05) is 22.5 Å². The molecular formula is C23H19F4N3O3. The monoisotopic (exact) mass is 461 g/mol. The van der Waals surface area contributed by atoms with Crippen LogP contribution in [0.2, 0.25) is 0 Å². The van der Waals surface area contributed by atoms with Gasteiger partial charge in [-0.25, -0.2) is 4.39 Å². The number of anilines is 3. The van der Waals surface area contributed by atoms with E-state index in [4.69, 9.17) is 0 Å². The van der Waals surface area contributed by atoms with Crippen LogP contribution in [0.5, 0.6) is 5.75 Å². The first-order valence-electron chi connectivity index (χ1n) is 9.71. The summed E-state index contributed by atoms with van der Waals surface area (Å²) in [7, 11) is 0. The second kappa shape index (κ2) is 10.5. The molecule has 10 heteroatoms. The number of amides is 2. The van der Waals surface area contributed by atoms with Crippen LogP contribution in [0.1, 0.15) is 5.56 Å². The van der Waals surface area contributed by atoms with Gasteiger partial charge in [-0.3, -0.25) is 9.59 Å². The van der Waals surface area contributed by atoms with Gasteiger partial charge in [0.2, 0.25) is 11.8 Å². The number of rotatable bonds is 8. The summed E-state index contributed by atoms with van der Waals surface area (Å²) in [5.41, 5.74) is 1.39. The van der Waals surface area contributed by atoms with Gasteiger partial charge in [-0.15, -0.1) is 13.2 Å². The lowest BCUT2D eigenvalue weighted by Crippen LogP contribution is -2.22. The number of alkyl halides is 3. The number of ether oxygens (including phenoxy) is 1. The molecule has 2 amide bonds. The Balaban J connectivity index is 1.52. The van der Waals surface area contributed by atoms with Crippen LogP contribution in [0, 0.1) is 5.82 Å². The molecule has 0 atom stereocenters. The van der Waals surface area contributed by atoms with Gasteiger partial charge in [0.1, 0.15) is 11.6 Å². The maximum Gasteiger partial charge on any atom is 0.573 e. The lowest BCUT2D eigenvalue weighted by molar-refractivity contribution is -0.274. The second-order valence-electron chi connectivity index (χ2n) is 6.88. The van der Waals surface area contributed by atoms with Crippen molar-refractivity contribution in [3.63, 3.8) is 0 Å². The lowest BCUT2D eigenvalue weighted by Gasteiger charge is -2.12. The number of hydrogen-bond acceptors (Lipinski definition) is 4. The van der Waals surface area contributed by atoms with Gasteiger partial charge in [0, 0.05) is 11.4 Å². The summed E-state index contributed by atoms with van der Waals surface area (Å²) in [6, 6.07) is 17.5. The number of hydrogen-bond donors (Lipinski definition) is 3. The van der Waals surface area contributed by atoms with Crippen molar-refractivity contribution in [2.24, 2.45) is 0 Å². The predicted octanol–water partition coefficient (Wildman–Crippen LogP) is 4.96. The van der Waals surface area contributed by atoms with E-state index >= 15 is 0 Å². The van der Waals surface area contributed by atoms with E-state index < -0.39 is 29.7 Å². The fourth-order valence-electron chi connectivity index (χ4n) is 2.83. The average molecular weight is 461 g/mol.